The first-order valence-corrected chi connectivity index (χ1v) is 14.1. The largest absolute Gasteiger partial charge is 0.336 e. The van der Waals surface area contributed by atoms with Crippen molar-refractivity contribution < 1.29 is 26.4 Å². The molecule has 0 aliphatic heterocycles. The molecule has 0 radical (unpaired) electrons. The highest BCUT2D eigenvalue weighted by Gasteiger charge is 2.18. The van der Waals surface area contributed by atoms with Gasteiger partial charge in [-0.15, -0.1) is 0 Å². The van der Waals surface area contributed by atoms with Crippen LogP contribution in [-0.4, -0.2) is 53.5 Å². The molecule has 0 spiro atoms. The molecule has 2 rings (SSSR count). The summed E-state index contributed by atoms with van der Waals surface area (Å²) in [6.07, 6.45) is 0. The number of carbonyl (C=O) groups is 2. The first kappa shape index (κ1) is 27.1. The Hall–Kier alpha value is -2.19. The fraction of sp³-hybridized carbons (Fsp3) is 0.222. The van der Waals surface area contributed by atoms with Crippen LogP contribution in [-0.2, 0) is 20.0 Å². The molecule has 4 amide bonds. The van der Waals surface area contributed by atoms with Crippen LogP contribution in [0.5, 0.6) is 0 Å². The van der Waals surface area contributed by atoms with E-state index in [1.165, 1.54) is 60.3 Å². The van der Waals surface area contributed by atoms with Gasteiger partial charge >= 0.3 is 12.1 Å². The van der Waals surface area contributed by atoms with E-state index in [9.17, 15) is 26.4 Å². The van der Waals surface area contributed by atoms with Gasteiger partial charge in [0, 0.05) is 34.6 Å². The quantitative estimate of drug-likeness (QED) is 0.329. The summed E-state index contributed by atoms with van der Waals surface area (Å²) in [5.41, 5.74) is 0. The summed E-state index contributed by atoms with van der Waals surface area (Å²) in [5, 5.41) is 5.25. The van der Waals surface area contributed by atoms with Crippen LogP contribution < -0.4 is 20.1 Å². The minimum absolute atomic E-state index is 0.138. The second-order valence-electron chi connectivity index (χ2n) is 6.25. The Morgan fingerprint density at radius 1 is 0.727 bits per heavy atom. The van der Waals surface area contributed by atoms with E-state index in [0.29, 0.717) is 11.5 Å². The molecule has 4 N–H and O–H groups in total. The van der Waals surface area contributed by atoms with Gasteiger partial charge in [-0.05, 0) is 36.4 Å². The van der Waals surface area contributed by atoms with E-state index in [2.05, 4.69) is 10.6 Å². The van der Waals surface area contributed by atoms with Crippen LogP contribution in [0, 0.1) is 0 Å². The number of carbonyl (C=O) groups excluding carboxylic acids is 2. The van der Waals surface area contributed by atoms with Crippen molar-refractivity contribution in [3.8, 4) is 0 Å². The van der Waals surface area contributed by atoms with E-state index in [1.807, 2.05) is 9.44 Å². The van der Waals surface area contributed by atoms with Gasteiger partial charge in [0.25, 0.3) is 20.0 Å². The van der Waals surface area contributed by atoms with Gasteiger partial charge in [-0.1, -0.05) is 35.3 Å². The van der Waals surface area contributed by atoms with E-state index in [-0.39, 0.29) is 32.9 Å². The molecule has 2 aromatic rings. The smallest absolute Gasteiger partial charge is 0.328 e. The summed E-state index contributed by atoms with van der Waals surface area (Å²) in [4.78, 5) is 23.3. The maximum Gasteiger partial charge on any atom is 0.328 e. The summed E-state index contributed by atoms with van der Waals surface area (Å²) in [7, 11) is -8.09. The van der Waals surface area contributed by atoms with E-state index in [4.69, 9.17) is 23.2 Å². The number of benzene rings is 2. The van der Waals surface area contributed by atoms with E-state index in [0.717, 1.165) is 0 Å². The molecule has 0 bridgehead atoms. The number of nitrogens with one attached hydrogen (secondary N) is 4. The molecule has 0 unspecified atom stereocenters. The molecule has 0 aliphatic carbocycles. The molecular weight excluding hydrogens is 535 g/mol. The third kappa shape index (κ3) is 9.29. The van der Waals surface area contributed by atoms with Gasteiger partial charge < -0.3 is 10.6 Å². The second kappa shape index (κ2) is 12.3. The average molecular weight is 555 g/mol. The zero-order chi connectivity index (χ0) is 24.5. The van der Waals surface area contributed by atoms with Crippen LogP contribution in [0.15, 0.2) is 58.3 Å². The lowest BCUT2D eigenvalue weighted by Crippen LogP contribution is -2.41. The fourth-order valence-electron chi connectivity index (χ4n) is 2.28. The van der Waals surface area contributed by atoms with Gasteiger partial charge in [-0.25, -0.2) is 35.9 Å². The Balaban J connectivity index is 1.63. The minimum atomic E-state index is -4.04. The zero-order valence-electron chi connectivity index (χ0n) is 16.9. The Kier molecular flexibility index (Phi) is 10.1. The van der Waals surface area contributed by atoms with Crippen molar-refractivity contribution in [2.75, 3.05) is 24.6 Å². The summed E-state index contributed by atoms with van der Waals surface area (Å²) >= 11 is 12.9. The van der Waals surface area contributed by atoms with Crippen molar-refractivity contribution in [1.29, 1.82) is 0 Å². The number of hydrogen-bond donors (Lipinski definition) is 4. The third-order valence-electron chi connectivity index (χ3n) is 3.73. The number of amides is 4. The van der Waals surface area contributed by atoms with Crippen LogP contribution in [0.3, 0.4) is 0 Å². The zero-order valence-corrected chi connectivity index (χ0v) is 20.8. The topological polar surface area (TPSA) is 151 Å². The molecule has 10 nitrogen and oxygen atoms in total. The van der Waals surface area contributed by atoms with Gasteiger partial charge in [-0.3, -0.25) is 0 Å². The maximum atomic E-state index is 12.1. The summed E-state index contributed by atoms with van der Waals surface area (Å²) < 4.78 is 52.2. The van der Waals surface area contributed by atoms with Crippen molar-refractivity contribution in [2.45, 2.75) is 9.79 Å². The Morgan fingerprint density at radius 2 is 1.12 bits per heavy atom. The highest BCUT2D eigenvalue weighted by atomic mass is 35.5. The van der Waals surface area contributed by atoms with Crippen LogP contribution in [0.25, 0.3) is 0 Å². The summed E-state index contributed by atoms with van der Waals surface area (Å²) in [6.45, 7) is 0.327. The van der Waals surface area contributed by atoms with Crippen molar-refractivity contribution in [2.24, 2.45) is 0 Å². The van der Waals surface area contributed by atoms with E-state index >= 15 is 0 Å². The lowest BCUT2D eigenvalue weighted by molar-refractivity contribution is 0.245. The van der Waals surface area contributed by atoms with Gasteiger partial charge in [0.15, 0.2) is 0 Å². The van der Waals surface area contributed by atoms with Gasteiger partial charge in [0.05, 0.1) is 9.79 Å². The molecule has 0 saturated heterocycles. The van der Waals surface area contributed by atoms with Gasteiger partial charge in [-0.2, -0.15) is 11.8 Å². The standard InChI is InChI=1S/C18H20Cl2N4O6S3/c19-13-3-1-5-15(11-13)32(27,28)23-17(25)21-7-9-31-10-8-22-18(26)24-33(29,30)16-6-2-4-14(20)12-16/h1-6,11-12H,7-10H2,(H2,21,23,25)(H2,22,24,26). The number of rotatable bonds is 10. The van der Waals surface area contributed by atoms with Crippen LogP contribution in [0.1, 0.15) is 0 Å². The normalized spacial score (nSPS) is 11.5. The van der Waals surface area contributed by atoms with Crippen LogP contribution in [0.4, 0.5) is 9.59 Å². The fourth-order valence-corrected chi connectivity index (χ4v) is 5.43. The van der Waals surface area contributed by atoms with E-state index < -0.39 is 32.1 Å². The molecule has 0 aromatic heterocycles. The number of hydrogen-bond acceptors (Lipinski definition) is 7. The lowest BCUT2D eigenvalue weighted by Gasteiger charge is -2.10. The van der Waals surface area contributed by atoms with Gasteiger partial charge in [0.2, 0.25) is 0 Å². The molecule has 0 saturated carbocycles. The van der Waals surface area contributed by atoms with Gasteiger partial charge in [0.1, 0.15) is 0 Å². The van der Waals surface area contributed by atoms with Crippen molar-refractivity contribution in [1.82, 2.24) is 20.1 Å². The Morgan fingerprint density at radius 3 is 1.48 bits per heavy atom. The predicted molar refractivity (Wildman–Crippen MR) is 128 cm³/mol. The predicted octanol–water partition coefficient (Wildman–Crippen LogP) is 2.40. The minimum Gasteiger partial charge on any atom is -0.336 e. The maximum absolute atomic E-state index is 12.1. The lowest BCUT2D eigenvalue weighted by atomic mass is 10.4. The van der Waals surface area contributed by atoms with Crippen molar-refractivity contribution in [3.63, 3.8) is 0 Å². The second-order valence-corrected chi connectivity index (χ2v) is 11.7. The molecule has 0 aliphatic rings. The first-order valence-electron chi connectivity index (χ1n) is 9.20. The molecule has 0 atom stereocenters. The molecule has 0 fully saturated rings. The third-order valence-corrected chi connectivity index (χ3v) is 7.84. The molecular formula is C18H20Cl2N4O6S3. The molecule has 15 heteroatoms. The van der Waals surface area contributed by atoms with Crippen LogP contribution in [0.2, 0.25) is 10.0 Å². The molecule has 180 valence electrons. The van der Waals surface area contributed by atoms with Crippen LogP contribution >= 0.6 is 35.0 Å². The van der Waals surface area contributed by atoms with E-state index in [1.54, 1.807) is 0 Å². The number of urea groups is 2. The highest BCUT2D eigenvalue weighted by molar-refractivity contribution is 7.99. The number of thioether (sulfide) groups is 1. The Bertz CT molecular complexity index is 1120. The summed E-state index contributed by atoms with van der Waals surface area (Å²) in [5.74, 6) is 0.851. The molecule has 2 aromatic carbocycles. The average Bonchev–Trinajstić information content (AvgIpc) is 2.72. The van der Waals surface area contributed by atoms with Crippen molar-refractivity contribution >= 4 is 67.1 Å². The highest BCUT2D eigenvalue weighted by Crippen LogP contribution is 2.16. The molecule has 0 heterocycles. The number of sulfonamides is 2. The monoisotopic (exact) mass is 554 g/mol. The number of halogens is 2. The Labute approximate surface area is 205 Å². The molecule has 33 heavy (non-hydrogen) atoms. The van der Waals surface area contributed by atoms with Crippen molar-refractivity contribution in [3.05, 3.63) is 58.6 Å². The summed E-state index contributed by atoms with van der Waals surface area (Å²) in [6, 6.07) is 9.19. The first-order chi connectivity index (χ1) is 15.5. The SMILES string of the molecule is O=C(NCCSCCNC(=O)NS(=O)(=O)c1cccc(Cl)c1)NS(=O)(=O)c1cccc(Cl)c1.